The normalized spacial score (nSPS) is 23.7. The highest BCUT2D eigenvalue weighted by Crippen LogP contribution is 2.22. The van der Waals surface area contributed by atoms with Crippen molar-refractivity contribution in [2.45, 2.75) is 65.2 Å². The maximum atomic E-state index is 13.7. The summed E-state index contributed by atoms with van der Waals surface area (Å²) in [6.45, 7) is 7.71. The number of aromatic amines is 1. The van der Waals surface area contributed by atoms with Crippen molar-refractivity contribution >= 4 is 34.5 Å². The van der Waals surface area contributed by atoms with Crippen molar-refractivity contribution in [3.05, 3.63) is 89.8 Å². The minimum atomic E-state index is -1.09. The lowest BCUT2D eigenvalue weighted by Crippen LogP contribution is -2.46. The van der Waals surface area contributed by atoms with E-state index in [4.69, 9.17) is 9.15 Å². The quantitative estimate of drug-likeness (QED) is 0.323. The van der Waals surface area contributed by atoms with Crippen LogP contribution >= 0.6 is 0 Å². The number of aliphatic hydroxyl groups is 1. The fraction of sp³-hybridized carbons (Fsp3) is 0.382. The van der Waals surface area contributed by atoms with E-state index in [1.807, 2.05) is 45.0 Å². The van der Waals surface area contributed by atoms with Gasteiger partial charge in [0, 0.05) is 42.4 Å². The smallest absolute Gasteiger partial charge is 0.329 e. The summed E-state index contributed by atoms with van der Waals surface area (Å²) >= 11 is 0. The van der Waals surface area contributed by atoms with E-state index in [2.05, 4.69) is 20.6 Å². The number of carbonyl (C=O) groups excluding carboxylic acids is 4. The first-order valence-electron chi connectivity index (χ1n) is 15.0. The molecule has 0 aliphatic carbocycles. The summed E-state index contributed by atoms with van der Waals surface area (Å²) < 4.78 is 11.4. The molecule has 45 heavy (non-hydrogen) atoms. The third kappa shape index (κ3) is 9.36. The van der Waals surface area contributed by atoms with E-state index in [-0.39, 0.29) is 60.9 Å². The maximum Gasteiger partial charge on any atom is 0.329 e. The number of esters is 1. The Labute approximate surface area is 261 Å². The molecule has 1 aliphatic heterocycles. The molecule has 0 saturated carbocycles. The standard InChI is InChI=1S/C34H40N4O7/c1-20(2)32-22(4)11-12-30(41)35-13-7-8-21(3)14-24(39)16-25(40)17-31-37-29(19-44-31)33(42)38-28(34(43)45-32)15-23-18-36-27-10-6-5-9-26(23)27/h5-12,14,18-20,22,24,28,32,36,39H,13,15-17H2,1-4H3,(H,35,41)(H,38,42)/b8-7?,12-11+,21-14?. The number of cyclic esters (lactones) is 1. The van der Waals surface area contributed by atoms with Gasteiger partial charge in [-0.1, -0.05) is 68.8 Å². The van der Waals surface area contributed by atoms with Crippen LogP contribution in [0.2, 0.25) is 0 Å². The second kappa shape index (κ2) is 15.3. The molecule has 0 fully saturated rings. The molecule has 0 saturated heterocycles. The zero-order chi connectivity index (χ0) is 32.5. The van der Waals surface area contributed by atoms with E-state index < -0.39 is 30.1 Å². The number of H-pyrrole nitrogens is 1. The molecule has 11 nitrogen and oxygen atoms in total. The fourth-order valence-corrected chi connectivity index (χ4v) is 5.21. The van der Waals surface area contributed by atoms with E-state index in [0.29, 0.717) is 5.57 Å². The lowest BCUT2D eigenvalue weighted by atomic mass is 9.94. The minimum absolute atomic E-state index is 0.0170. The van der Waals surface area contributed by atoms with E-state index in [1.54, 1.807) is 37.4 Å². The zero-order valence-corrected chi connectivity index (χ0v) is 25.9. The molecule has 238 valence electrons. The van der Waals surface area contributed by atoms with Crippen LogP contribution in [0.4, 0.5) is 0 Å². The van der Waals surface area contributed by atoms with Crippen LogP contribution in [0.15, 0.2) is 77.1 Å². The molecule has 4 atom stereocenters. The van der Waals surface area contributed by atoms with E-state index in [9.17, 15) is 24.3 Å². The van der Waals surface area contributed by atoms with Gasteiger partial charge in [0.1, 0.15) is 24.2 Å². The highest BCUT2D eigenvalue weighted by molar-refractivity contribution is 5.95. The van der Waals surface area contributed by atoms with Gasteiger partial charge in [0.2, 0.25) is 11.8 Å². The number of fused-ring (bicyclic) bond motifs is 3. The number of nitrogens with zero attached hydrogens (tertiary/aromatic N) is 1. The number of oxazole rings is 1. The molecular formula is C34H40N4O7. The van der Waals surface area contributed by atoms with Gasteiger partial charge in [-0.15, -0.1) is 0 Å². The fourth-order valence-electron chi connectivity index (χ4n) is 5.21. The number of allylic oxidation sites excluding steroid dienone is 2. The van der Waals surface area contributed by atoms with Crippen molar-refractivity contribution in [2.24, 2.45) is 11.8 Å². The number of hydrogen-bond acceptors (Lipinski definition) is 8. The van der Waals surface area contributed by atoms with Crippen molar-refractivity contribution in [2.75, 3.05) is 6.54 Å². The van der Waals surface area contributed by atoms with Gasteiger partial charge in [0.25, 0.3) is 5.91 Å². The Balaban J connectivity index is 1.63. The minimum Gasteiger partial charge on any atom is -0.460 e. The first-order chi connectivity index (χ1) is 21.5. The highest BCUT2D eigenvalue weighted by Gasteiger charge is 2.31. The Hall–Kier alpha value is -4.77. The summed E-state index contributed by atoms with van der Waals surface area (Å²) in [5.74, 6) is -2.37. The molecule has 2 aromatic heterocycles. The molecule has 1 aromatic carbocycles. The van der Waals surface area contributed by atoms with E-state index in [1.165, 1.54) is 6.08 Å². The topological polar surface area (TPSA) is 164 Å². The second-order valence-corrected chi connectivity index (χ2v) is 11.6. The number of aromatic nitrogens is 2. The predicted octanol–water partition coefficient (Wildman–Crippen LogP) is 3.75. The summed E-state index contributed by atoms with van der Waals surface area (Å²) in [6.07, 6.45) is 9.13. The van der Waals surface area contributed by atoms with E-state index >= 15 is 0 Å². The number of ketones is 1. The number of ether oxygens (including phenoxy) is 1. The molecule has 11 heteroatoms. The number of rotatable bonds is 3. The molecule has 3 aromatic rings. The van der Waals surface area contributed by atoms with Gasteiger partial charge >= 0.3 is 5.97 Å². The Morgan fingerprint density at radius 1 is 1.11 bits per heavy atom. The monoisotopic (exact) mass is 616 g/mol. The zero-order valence-electron chi connectivity index (χ0n) is 25.9. The van der Waals surface area contributed by atoms with Crippen molar-refractivity contribution in [1.82, 2.24) is 20.6 Å². The van der Waals surface area contributed by atoms with E-state index in [0.717, 1.165) is 22.7 Å². The Morgan fingerprint density at radius 3 is 2.67 bits per heavy atom. The van der Waals surface area contributed by atoms with Gasteiger partial charge in [0.05, 0.1) is 12.5 Å². The summed E-state index contributed by atoms with van der Waals surface area (Å²) in [7, 11) is 0. The molecule has 0 radical (unpaired) electrons. The number of nitrogens with one attached hydrogen (secondary N) is 3. The molecule has 4 rings (SSSR count). The highest BCUT2D eigenvalue weighted by atomic mass is 16.5. The Kier molecular flexibility index (Phi) is 11.3. The van der Waals surface area contributed by atoms with Crippen molar-refractivity contribution in [3.8, 4) is 0 Å². The Morgan fingerprint density at radius 2 is 1.89 bits per heavy atom. The van der Waals surface area contributed by atoms with Crippen LogP contribution in [0.1, 0.15) is 56.1 Å². The molecular weight excluding hydrogens is 576 g/mol. The van der Waals surface area contributed by atoms with Crippen LogP contribution in [0.5, 0.6) is 0 Å². The largest absolute Gasteiger partial charge is 0.460 e. The summed E-state index contributed by atoms with van der Waals surface area (Å²) in [6, 6.07) is 6.54. The second-order valence-electron chi connectivity index (χ2n) is 11.6. The Bertz CT molecular complexity index is 1610. The first-order valence-corrected chi connectivity index (χ1v) is 15.0. The van der Waals surface area contributed by atoms with Crippen LogP contribution in [-0.4, -0.2) is 63.4 Å². The van der Waals surface area contributed by atoms with Crippen molar-refractivity contribution in [3.63, 3.8) is 0 Å². The molecule has 3 heterocycles. The summed E-state index contributed by atoms with van der Waals surface area (Å²) in [5, 5.41) is 16.8. The average molecular weight is 617 g/mol. The van der Waals surface area contributed by atoms with Crippen LogP contribution in [0.25, 0.3) is 10.9 Å². The third-order valence-electron chi connectivity index (χ3n) is 7.47. The SMILES string of the molecule is CC1=CC(O)CC(=O)Cc2nc(co2)C(=O)NC(Cc2c[nH]c3ccccc23)C(=O)OC(C(C)C)C(C)/C=C/C(=O)NCC=C1. The molecule has 0 spiro atoms. The lowest BCUT2D eigenvalue weighted by molar-refractivity contribution is -0.155. The number of Topliss-reactive ketones (excluding diaryl/α,β-unsaturated/α-hetero) is 1. The molecule has 4 N–H and O–H groups in total. The van der Waals surface area contributed by atoms with Crippen LogP contribution in [0.3, 0.4) is 0 Å². The van der Waals surface area contributed by atoms with Crippen LogP contribution in [0, 0.1) is 11.8 Å². The third-order valence-corrected chi connectivity index (χ3v) is 7.47. The number of amides is 2. The van der Waals surface area contributed by atoms with Crippen molar-refractivity contribution in [1.29, 1.82) is 0 Å². The number of benzene rings is 1. The molecule has 2 amide bonds. The molecule has 2 bridgehead atoms. The number of para-hydroxylation sites is 1. The van der Waals surface area contributed by atoms with Gasteiger partial charge in [-0.3, -0.25) is 14.4 Å². The number of carbonyl (C=O) groups is 4. The number of aliphatic hydroxyl groups excluding tert-OH is 1. The average Bonchev–Trinajstić information content (AvgIpc) is 3.62. The van der Waals surface area contributed by atoms with Gasteiger partial charge in [0.15, 0.2) is 5.69 Å². The van der Waals surface area contributed by atoms with Gasteiger partial charge in [-0.2, -0.15) is 0 Å². The van der Waals surface area contributed by atoms with Crippen LogP contribution < -0.4 is 10.6 Å². The summed E-state index contributed by atoms with van der Waals surface area (Å²) in [5.41, 5.74) is 2.30. The molecule has 1 aliphatic rings. The predicted molar refractivity (Wildman–Crippen MR) is 168 cm³/mol. The van der Waals surface area contributed by atoms with Crippen molar-refractivity contribution < 1.29 is 33.4 Å². The van der Waals surface area contributed by atoms with Gasteiger partial charge in [-0.25, -0.2) is 9.78 Å². The van der Waals surface area contributed by atoms with Gasteiger partial charge < -0.3 is 29.9 Å². The lowest BCUT2D eigenvalue weighted by Gasteiger charge is -2.28. The van der Waals surface area contributed by atoms with Gasteiger partial charge in [-0.05, 0) is 30.5 Å². The summed E-state index contributed by atoms with van der Waals surface area (Å²) in [4.78, 5) is 59.4. The first kappa shape index (κ1) is 33.1. The number of hydrogen-bond donors (Lipinski definition) is 4. The molecule has 4 unspecified atom stereocenters. The maximum absolute atomic E-state index is 13.7. The van der Waals surface area contributed by atoms with Crippen LogP contribution in [-0.2, 0) is 32.0 Å².